The number of ether oxygens (including phenoxy) is 1. The van der Waals surface area contributed by atoms with Crippen LogP contribution < -0.4 is 16.3 Å². The Morgan fingerprint density at radius 1 is 1.03 bits per heavy atom. The highest BCUT2D eigenvalue weighted by Crippen LogP contribution is 2.31. The maximum absolute atomic E-state index is 13.0. The highest BCUT2D eigenvalue weighted by molar-refractivity contribution is 5.90. The summed E-state index contributed by atoms with van der Waals surface area (Å²) in [6, 6.07) is 1.26. The molecule has 0 spiro atoms. The molecule has 12 heteroatoms. The number of rotatable bonds is 5. The number of piperazine rings is 1. The molecule has 12 nitrogen and oxygen atoms in total. The van der Waals surface area contributed by atoms with E-state index in [1.54, 1.807) is 61.2 Å². The van der Waals surface area contributed by atoms with Gasteiger partial charge in [-0.25, -0.2) is 14.4 Å². The number of hydrogen-bond donors (Lipinski definition) is 3. The quantitative estimate of drug-likeness (QED) is 0.538. The van der Waals surface area contributed by atoms with Gasteiger partial charge in [-0.3, -0.25) is 14.7 Å². The van der Waals surface area contributed by atoms with Crippen LogP contribution in [0, 0.1) is 5.92 Å². The topological polar surface area (TPSA) is 146 Å². The average molecular weight is 521 g/mol. The van der Waals surface area contributed by atoms with Gasteiger partial charge in [0.25, 0.3) is 0 Å². The number of anilines is 1. The summed E-state index contributed by atoms with van der Waals surface area (Å²) in [7, 11) is 0. The van der Waals surface area contributed by atoms with Crippen LogP contribution in [-0.2, 0) is 9.53 Å². The Morgan fingerprint density at radius 2 is 1.62 bits per heavy atom. The molecule has 1 saturated carbocycles. The number of nitrogens with one attached hydrogen (secondary N) is 2. The Balaban J connectivity index is 1.50. The van der Waals surface area contributed by atoms with Gasteiger partial charge in [0, 0.05) is 45.0 Å². The van der Waals surface area contributed by atoms with Crippen LogP contribution in [0.5, 0.6) is 0 Å². The number of hydrogen-bond acceptors (Lipinski definition) is 7. The molecule has 1 saturated heterocycles. The van der Waals surface area contributed by atoms with Crippen molar-refractivity contribution in [1.29, 1.82) is 0 Å². The molecule has 206 valence electrons. The second-order valence-corrected chi connectivity index (χ2v) is 11.3. The SMILES string of the molecule is CC(C)(C)OC(=O)NC(C)(C)C(=O)N1CCN(C(=O)Nc2ccn([C@H]3CC[C@@H](CO)CC3)c(=O)n2)CC1. The summed E-state index contributed by atoms with van der Waals surface area (Å²) in [5.41, 5.74) is -2.26. The molecular formula is C25H40N6O6. The molecule has 37 heavy (non-hydrogen) atoms. The zero-order valence-corrected chi connectivity index (χ0v) is 22.5. The van der Waals surface area contributed by atoms with Crippen LogP contribution in [0.2, 0.25) is 0 Å². The third-order valence-corrected chi connectivity index (χ3v) is 6.74. The van der Waals surface area contributed by atoms with Gasteiger partial charge in [-0.05, 0) is 72.3 Å². The molecule has 2 heterocycles. The number of nitrogens with zero attached hydrogens (tertiary/aromatic N) is 4. The standard InChI is InChI=1S/C25H40N6O6/c1-24(2,3)37-23(36)28-25(4,5)20(33)29-12-14-30(15-13-29)21(34)26-19-10-11-31(22(35)27-19)18-8-6-17(16-32)7-9-18/h10-11,17-18,32H,6-9,12-16H2,1-5H3,(H,28,36)(H,26,27,34,35)/t17-,18+. The molecular weight excluding hydrogens is 480 g/mol. The average Bonchev–Trinajstić information content (AvgIpc) is 2.82. The highest BCUT2D eigenvalue weighted by atomic mass is 16.6. The maximum atomic E-state index is 13.0. The van der Waals surface area contributed by atoms with Crippen molar-refractivity contribution in [1.82, 2.24) is 24.7 Å². The lowest BCUT2D eigenvalue weighted by Gasteiger charge is -2.38. The number of alkyl carbamates (subject to hydrolysis) is 1. The lowest BCUT2D eigenvalue weighted by molar-refractivity contribution is -0.138. The number of aliphatic hydroxyl groups excluding tert-OH is 1. The van der Waals surface area contributed by atoms with Gasteiger partial charge in [0.15, 0.2) is 0 Å². The normalized spacial score (nSPS) is 20.8. The van der Waals surface area contributed by atoms with E-state index in [0.717, 1.165) is 25.7 Å². The van der Waals surface area contributed by atoms with E-state index in [1.165, 1.54) is 0 Å². The van der Waals surface area contributed by atoms with Gasteiger partial charge in [-0.1, -0.05) is 0 Å². The first-order valence-electron chi connectivity index (χ1n) is 12.9. The van der Waals surface area contributed by atoms with E-state index in [9.17, 15) is 24.3 Å². The van der Waals surface area contributed by atoms with Crippen molar-refractivity contribution in [2.45, 2.75) is 77.5 Å². The van der Waals surface area contributed by atoms with Crippen LogP contribution in [-0.4, -0.2) is 86.4 Å². The summed E-state index contributed by atoms with van der Waals surface area (Å²) in [5, 5.41) is 14.6. The van der Waals surface area contributed by atoms with Crippen LogP contribution in [0.3, 0.4) is 0 Å². The molecule has 4 amide bonds. The largest absolute Gasteiger partial charge is 0.444 e. The van der Waals surface area contributed by atoms with Gasteiger partial charge in [-0.15, -0.1) is 0 Å². The maximum Gasteiger partial charge on any atom is 0.408 e. The van der Waals surface area contributed by atoms with Gasteiger partial charge in [0.05, 0.1) is 0 Å². The molecule has 0 unspecified atom stereocenters. The van der Waals surface area contributed by atoms with E-state index in [4.69, 9.17) is 4.74 Å². The van der Waals surface area contributed by atoms with Crippen molar-refractivity contribution in [3.63, 3.8) is 0 Å². The minimum Gasteiger partial charge on any atom is -0.444 e. The van der Waals surface area contributed by atoms with Crippen molar-refractivity contribution in [3.05, 3.63) is 22.7 Å². The summed E-state index contributed by atoms with van der Waals surface area (Å²) < 4.78 is 6.85. The Morgan fingerprint density at radius 3 is 2.16 bits per heavy atom. The van der Waals surface area contributed by atoms with Crippen molar-refractivity contribution in [3.8, 4) is 0 Å². The first-order valence-corrected chi connectivity index (χ1v) is 12.9. The van der Waals surface area contributed by atoms with E-state index < -0.39 is 29.0 Å². The summed E-state index contributed by atoms with van der Waals surface area (Å²) >= 11 is 0. The fourth-order valence-electron chi connectivity index (χ4n) is 4.67. The molecule has 0 radical (unpaired) electrons. The van der Waals surface area contributed by atoms with Crippen LogP contribution in [0.25, 0.3) is 0 Å². The number of carbonyl (C=O) groups is 3. The van der Waals surface area contributed by atoms with Crippen molar-refractivity contribution in [2.75, 3.05) is 38.1 Å². The number of amides is 4. The lowest BCUT2D eigenvalue weighted by Crippen LogP contribution is -2.60. The third kappa shape index (κ3) is 7.67. The van der Waals surface area contributed by atoms with Crippen molar-refractivity contribution in [2.24, 2.45) is 5.92 Å². The van der Waals surface area contributed by atoms with Crippen LogP contribution in [0.15, 0.2) is 17.1 Å². The molecule has 1 aromatic rings. The van der Waals surface area contributed by atoms with Gasteiger partial charge in [0.1, 0.15) is 17.0 Å². The van der Waals surface area contributed by atoms with Gasteiger partial charge in [-0.2, -0.15) is 4.98 Å². The first kappa shape index (κ1) is 28.4. The third-order valence-electron chi connectivity index (χ3n) is 6.74. The first-order chi connectivity index (χ1) is 17.3. The lowest BCUT2D eigenvalue weighted by atomic mass is 9.86. The Bertz CT molecular complexity index is 1030. The highest BCUT2D eigenvalue weighted by Gasteiger charge is 2.37. The zero-order valence-electron chi connectivity index (χ0n) is 22.5. The number of aromatic nitrogens is 2. The van der Waals surface area contributed by atoms with Gasteiger partial charge in [0.2, 0.25) is 5.91 Å². The number of urea groups is 1. The summed E-state index contributed by atoms with van der Waals surface area (Å²) in [4.78, 5) is 57.6. The molecule has 3 rings (SSSR count). The molecule has 0 aromatic carbocycles. The molecule has 1 aliphatic carbocycles. The summed E-state index contributed by atoms with van der Waals surface area (Å²) in [6.45, 7) is 9.85. The predicted octanol–water partition coefficient (Wildman–Crippen LogP) is 1.95. The molecule has 1 aliphatic heterocycles. The molecule has 0 atom stereocenters. The fourth-order valence-corrected chi connectivity index (χ4v) is 4.67. The molecule has 2 aliphatic rings. The number of carbonyl (C=O) groups excluding carboxylic acids is 3. The predicted molar refractivity (Wildman–Crippen MR) is 137 cm³/mol. The van der Waals surface area contributed by atoms with Gasteiger partial charge >= 0.3 is 17.8 Å². The van der Waals surface area contributed by atoms with E-state index in [1.807, 2.05) is 0 Å². The monoisotopic (exact) mass is 520 g/mol. The van der Waals surface area contributed by atoms with E-state index in [-0.39, 0.29) is 24.4 Å². The molecule has 2 fully saturated rings. The minimum atomic E-state index is -1.17. The Labute approximate surface area is 217 Å². The van der Waals surface area contributed by atoms with Crippen LogP contribution in [0.4, 0.5) is 15.4 Å². The minimum absolute atomic E-state index is 0.0484. The Kier molecular flexibility index (Phi) is 8.83. The zero-order chi connectivity index (χ0) is 27.4. The van der Waals surface area contributed by atoms with E-state index >= 15 is 0 Å². The molecule has 0 bridgehead atoms. The van der Waals surface area contributed by atoms with Crippen LogP contribution in [0.1, 0.15) is 66.3 Å². The second kappa shape index (κ2) is 11.5. The summed E-state index contributed by atoms with van der Waals surface area (Å²) in [5.74, 6) is 0.203. The second-order valence-electron chi connectivity index (χ2n) is 11.3. The summed E-state index contributed by atoms with van der Waals surface area (Å²) in [6.07, 6.45) is 4.35. The van der Waals surface area contributed by atoms with E-state index in [0.29, 0.717) is 32.1 Å². The Hall–Kier alpha value is -3.15. The van der Waals surface area contributed by atoms with E-state index in [2.05, 4.69) is 15.6 Å². The molecule has 1 aromatic heterocycles. The van der Waals surface area contributed by atoms with Crippen LogP contribution >= 0.6 is 0 Å². The van der Waals surface area contributed by atoms with Crippen molar-refractivity contribution >= 4 is 23.8 Å². The molecule has 3 N–H and O–H groups in total. The van der Waals surface area contributed by atoms with Gasteiger partial charge < -0.3 is 25.0 Å². The smallest absolute Gasteiger partial charge is 0.408 e. The fraction of sp³-hybridized carbons (Fsp3) is 0.720. The number of aliphatic hydroxyl groups is 1. The van der Waals surface area contributed by atoms with Crippen molar-refractivity contribution < 1.29 is 24.2 Å².